The number of aliphatic hydroxyl groups excluding tert-OH is 1. The van der Waals surface area contributed by atoms with Gasteiger partial charge < -0.3 is 25.2 Å². The van der Waals surface area contributed by atoms with E-state index in [9.17, 15) is 19.5 Å². The molecule has 37 heavy (non-hydrogen) atoms. The molecule has 3 N–H and O–H groups in total. The minimum atomic E-state index is -0.957. The van der Waals surface area contributed by atoms with Gasteiger partial charge in [0, 0.05) is 37.2 Å². The Hall–Kier alpha value is -3.43. The topological polar surface area (TPSA) is 119 Å². The molecule has 0 saturated heterocycles. The highest BCUT2D eigenvalue weighted by Gasteiger charge is 2.34. The van der Waals surface area contributed by atoms with Crippen LogP contribution in [0.15, 0.2) is 42.5 Å². The van der Waals surface area contributed by atoms with Crippen molar-refractivity contribution in [1.29, 1.82) is 0 Å². The Morgan fingerprint density at radius 1 is 1.19 bits per heavy atom. The maximum atomic E-state index is 13.5. The van der Waals surface area contributed by atoms with Gasteiger partial charge in [-0.3, -0.25) is 14.5 Å². The van der Waals surface area contributed by atoms with Crippen molar-refractivity contribution in [3.63, 3.8) is 0 Å². The number of aliphatic hydroxyl groups is 1. The van der Waals surface area contributed by atoms with E-state index in [1.807, 2.05) is 20.9 Å². The number of fused-ring (bicyclic) bond motifs is 1. The number of carboxylic acid groups (broad SMARTS) is 1. The number of amides is 2. The van der Waals surface area contributed by atoms with E-state index in [0.29, 0.717) is 36.6 Å². The fourth-order valence-corrected chi connectivity index (χ4v) is 4.54. The molecule has 1 aliphatic carbocycles. The van der Waals surface area contributed by atoms with E-state index in [4.69, 9.17) is 9.84 Å². The first-order chi connectivity index (χ1) is 17.7. The predicted molar refractivity (Wildman–Crippen MR) is 139 cm³/mol. The number of likely N-dealkylation sites (N-methyl/N-ethyl adjacent to an activating group) is 1. The largest absolute Gasteiger partial charge is 0.488 e. The smallest absolute Gasteiger partial charge is 0.335 e. The lowest BCUT2D eigenvalue weighted by Crippen LogP contribution is -2.49. The summed E-state index contributed by atoms with van der Waals surface area (Å²) < 4.78 is 6.42. The molecule has 4 rings (SSSR count). The predicted octanol–water partition coefficient (Wildman–Crippen LogP) is 3.09. The number of nitrogens with one attached hydrogen (secondary N) is 1. The summed E-state index contributed by atoms with van der Waals surface area (Å²) in [5.41, 5.74) is 2.14. The number of benzene rings is 2. The van der Waals surface area contributed by atoms with Gasteiger partial charge in [-0.25, -0.2) is 4.79 Å². The van der Waals surface area contributed by atoms with Gasteiger partial charge in [-0.2, -0.15) is 0 Å². The normalized spacial score (nSPS) is 20.5. The van der Waals surface area contributed by atoms with Crippen molar-refractivity contribution in [1.82, 2.24) is 9.80 Å². The minimum absolute atomic E-state index is 0.0304. The van der Waals surface area contributed by atoms with Gasteiger partial charge in [-0.05, 0) is 62.7 Å². The van der Waals surface area contributed by atoms with Crippen LogP contribution in [0.2, 0.25) is 0 Å². The first-order valence-corrected chi connectivity index (χ1v) is 12.7. The molecule has 0 unspecified atom stereocenters. The van der Waals surface area contributed by atoms with Crippen molar-refractivity contribution in [2.75, 3.05) is 32.1 Å². The molecule has 1 saturated carbocycles. The third-order valence-electron chi connectivity index (χ3n) is 7.03. The van der Waals surface area contributed by atoms with Gasteiger partial charge in [0.25, 0.3) is 5.91 Å². The van der Waals surface area contributed by atoms with Crippen molar-refractivity contribution in [2.24, 2.45) is 11.8 Å². The second-order valence-corrected chi connectivity index (χ2v) is 10.3. The summed E-state index contributed by atoms with van der Waals surface area (Å²) in [4.78, 5) is 40.7. The highest BCUT2D eigenvalue weighted by molar-refractivity contribution is 6.00. The number of carboxylic acids is 1. The number of nitrogens with zero attached hydrogens (tertiary/aromatic N) is 2. The molecule has 0 bridgehead atoms. The first kappa shape index (κ1) is 26.6. The molecule has 2 aliphatic rings. The maximum absolute atomic E-state index is 13.5. The van der Waals surface area contributed by atoms with E-state index < -0.39 is 5.97 Å². The van der Waals surface area contributed by atoms with E-state index in [-0.39, 0.29) is 48.0 Å². The van der Waals surface area contributed by atoms with E-state index >= 15 is 0 Å². The van der Waals surface area contributed by atoms with Crippen LogP contribution in [-0.4, -0.2) is 76.7 Å². The average molecular weight is 510 g/mol. The number of anilines is 1. The third kappa shape index (κ3) is 6.47. The molecular formula is C28H35N3O6. The van der Waals surface area contributed by atoms with Gasteiger partial charge in [-0.1, -0.05) is 19.1 Å². The Labute approximate surface area is 217 Å². The van der Waals surface area contributed by atoms with Crippen molar-refractivity contribution in [2.45, 2.75) is 45.4 Å². The monoisotopic (exact) mass is 509 g/mol. The van der Waals surface area contributed by atoms with Crippen molar-refractivity contribution in [3.05, 3.63) is 59.2 Å². The molecule has 2 amide bonds. The van der Waals surface area contributed by atoms with Crippen LogP contribution in [0.25, 0.3) is 0 Å². The summed E-state index contributed by atoms with van der Waals surface area (Å²) in [6.07, 6.45) is 1.52. The zero-order valence-corrected chi connectivity index (χ0v) is 21.5. The standard InChI is InChI=1S/C28H35N3O6/c1-17-13-31(18(2)16-32)27(34)23-12-22(29-26(33)20-8-9-20)10-11-24(23)37-25(17)15-30(3)14-19-4-6-21(7-5-19)28(35)36/h4-7,10-12,17-18,20,25,32H,8-9,13-16H2,1-3H3,(H,29,33)(H,35,36)/t17-,18+,25-/m0/s1. The summed E-state index contributed by atoms with van der Waals surface area (Å²) in [6, 6.07) is 11.6. The number of hydrogen-bond donors (Lipinski definition) is 3. The lowest BCUT2D eigenvalue weighted by Gasteiger charge is -2.38. The second kappa shape index (κ2) is 11.3. The Morgan fingerprint density at radius 2 is 1.89 bits per heavy atom. The number of rotatable bonds is 9. The van der Waals surface area contributed by atoms with Crippen LogP contribution in [0.5, 0.6) is 5.75 Å². The molecule has 3 atom stereocenters. The van der Waals surface area contributed by atoms with Crippen molar-refractivity contribution in [3.8, 4) is 5.75 Å². The number of carbonyl (C=O) groups excluding carboxylic acids is 2. The van der Waals surface area contributed by atoms with Crippen LogP contribution >= 0.6 is 0 Å². The summed E-state index contributed by atoms with van der Waals surface area (Å²) in [6.45, 7) is 5.25. The molecule has 0 radical (unpaired) electrons. The summed E-state index contributed by atoms with van der Waals surface area (Å²) in [5.74, 6) is -0.777. The lowest BCUT2D eigenvalue weighted by molar-refractivity contribution is -0.117. The summed E-state index contributed by atoms with van der Waals surface area (Å²) >= 11 is 0. The van der Waals surface area contributed by atoms with Crippen molar-refractivity contribution < 1.29 is 29.3 Å². The van der Waals surface area contributed by atoms with Gasteiger partial charge in [0.1, 0.15) is 11.9 Å². The van der Waals surface area contributed by atoms with Gasteiger partial charge in [0.05, 0.1) is 23.8 Å². The van der Waals surface area contributed by atoms with E-state index in [2.05, 4.69) is 10.2 Å². The Bertz CT molecular complexity index is 1150. The van der Waals surface area contributed by atoms with Crippen LogP contribution in [0.3, 0.4) is 0 Å². The minimum Gasteiger partial charge on any atom is -0.488 e. The molecule has 1 fully saturated rings. The van der Waals surface area contributed by atoms with Gasteiger partial charge in [-0.15, -0.1) is 0 Å². The van der Waals surface area contributed by atoms with E-state index in [1.54, 1.807) is 47.4 Å². The van der Waals surface area contributed by atoms with E-state index in [0.717, 1.165) is 18.4 Å². The van der Waals surface area contributed by atoms with Crippen LogP contribution in [0.1, 0.15) is 53.0 Å². The molecule has 2 aromatic rings. The van der Waals surface area contributed by atoms with Crippen LogP contribution in [-0.2, 0) is 11.3 Å². The molecule has 2 aromatic carbocycles. The Kier molecular flexibility index (Phi) is 8.14. The lowest BCUT2D eigenvalue weighted by atomic mass is 9.99. The SMILES string of the molecule is C[C@H](CO)N1C[C@H](C)[C@H](CN(C)Cc2ccc(C(=O)O)cc2)Oc2ccc(NC(=O)C3CC3)cc2C1=O. The maximum Gasteiger partial charge on any atom is 0.335 e. The Morgan fingerprint density at radius 3 is 2.51 bits per heavy atom. The van der Waals surface area contributed by atoms with Crippen LogP contribution < -0.4 is 10.1 Å². The number of carbonyl (C=O) groups is 3. The molecule has 0 aromatic heterocycles. The van der Waals surface area contributed by atoms with Crippen LogP contribution in [0, 0.1) is 11.8 Å². The first-order valence-electron chi connectivity index (χ1n) is 12.7. The fraction of sp³-hybridized carbons (Fsp3) is 0.464. The number of ether oxygens (including phenoxy) is 1. The van der Waals surface area contributed by atoms with Crippen molar-refractivity contribution >= 4 is 23.5 Å². The molecule has 1 heterocycles. The average Bonchev–Trinajstić information content (AvgIpc) is 3.72. The van der Waals surface area contributed by atoms with Gasteiger partial charge in [0.2, 0.25) is 5.91 Å². The van der Waals surface area contributed by atoms with Crippen LogP contribution in [0.4, 0.5) is 5.69 Å². The molecule has 0 spiro atoms. The zero-order valence-electron chi connectivity index (χ0n) is 21.5. The molecular weight excluding hydrogens is 474 g/mol. The molecule has 198 valence electrons. The highest BCUT2D eigenvalue weighted by atomic mass is 16.5. The van der Waals surface area contributed by atoms with Gasteiger partial charge >= 0.3 is 5.97 Å². The van der Waals surface area contributed by atoms with Gasteiger partial charge in [0.15, 0.2) is 0 Å². The molecule has 9 nitrogen and oxygen atoms in total. The fourth-order valence-electron chi connectivity index (χ4n) is 4.54. The number of hydrogen-bond acceptors (Lipinski definition) is 6. The zero-order chi connectivity index (χ0) is 26.7. The van der Waals surface area contributed by atoms with E-state index in [1.165, 1.54) is 0 Å². The molecule has 9 heteroatoms. The highest BCUT2D eigenvalue weighted by Crippen LogP contribution is 2.33. The number of aromatic carboxylic acids is 1. The Balaban J connectivity index is 1.55. The quantitative estimate of drug-likeness (QED) is 0.475. The third-order valence-corrected chi connectivity index (χ3v) is 7.03. The summed E-state index contributed by atoms with van der Waals surface area (Å²) in [5, 5.41) is 21.9. The summed E-state index contributed by atoms with van der Waals surface area (Å²) in [7, 11) is 1.97. The second-order valence-electron chi connectivity index (χ2n) is 10.3. The molecule has 1 aliphatic heterocycles.